The summed E-state index contributed by atoms with van der Waals surface area (Å²) >= 11 is 0. The minimum Gasteiger partial charge on any atom is -0.465 e. The Balaban J connectivity index is 2.86. The summed E-state index contributed by atoms with van der Waals surface area (Å²) in [6, 6.07) is 3.53. The highest BCUT2D eigenvalue weighted by atomic mass is 16.5. The van der Waals surface area contributed by atoms with Gasteiger partial charge in [-0.25, -0.2) is 0 Å². The lowest BCUT2D eigenvalue weighted by molar-refractivity contribution is -0.143. The molecule has 1 aromatic rings. The van der Waals surface area contributed by atoms with Crippen molar-refractivity contribution >= 4 is 11.9 Å². The number of esters is 1. The van der Waals surface area contributed by atoms with Crippen LogP contribution in [0.2, 0.25) is 0 Å². The monoisotopic (exact) mass is 264 g/mol. The number of hydrogen-bond acceptors (Lipinski definition) is 4. The van der Waals surface area contributed by atoms with Crippen molar-refractivity contribution in [1.82, 2.24) is 9.88 Å². The van der Waals surface area contributed by atoms with Crippen LogP contribution in [0.3, 0.4) is 0 Å². The summed E-state index contributed by atoms with van der Waals surface area (Å²) in [5, 5.41) is 0. The summed E-state index contributed by atoms with van der Waals surface area (Å²) in [6.45, 7) is 7.96. The van der Waals surface area contributed by atoms with E-state index in [9.17, 15) is 9.59 Å². The van der Waals surface area contributed by atoms with E-state index < -0.39 is 5.97 Å². The molecule has 0 bridgehead atoms. The fourth-order valence-corrected chi connectivity index (χ4v) is 1.77. The summed E-state index contributed by atoms with van der Waals surface area (Å²) in [6.07, 6.45) is 0. The summed E-state index contributed by atoms with van der Waals surface area (Å²) in [4.78, 5) is 29.5. The van der Waals surface area contributed by atoms with E-state index in [1.54, 1.807) is 26.0 Å². The number of likely N-dealkylation sites (N-methyl/N-ethyl adjacent to an activating group) is 1. The maximum atomic E-state index is 12.3. The molecule has 0 aromatic carbocycles. The Morgan fingerprint density at radius 1 is 1.26 bits per heavy atom. The van der Waals surface area contributed by atoms with Gasteiger partial charge in [-0.3, -0.25) is 14.6 Å². The quantitative estimate of drug-likeness (QED) is 0.760. The van der Waals surface area contributed by atoms with Crippen LogP contribution in [0.1, 0.15) is 35.6 Å². The molecule has 1 aromatic heterocycles. The maximum absolute atomic E-state index is 12.3. The molecule has 0 aliphatic carbocycles. The molecule has 0 aliphatic heterocycles. The molecule has 0 radical (unpaired) electrons. The topological polar surface area (TPSA) is 59.5 Å². The van der Waals surface area contributed by atoms with Gasteiger partial charge in [0.1, 0.15) is 6.54 Å². The summed E-state index contributed by atoms with van der Waals surface area (Å²) < 4.78 is 4.86. The van der Waals surface area contributed by atoms with Gasteiger partial charge in [-0.15, -0.1) is 0 Å². The Bertz CT molecular complexity index is 472. The lowest BCUT2D eigenvalue weighted by Crippen LogP contribution is -2.36. The van der Waals surface area contributed by atoms with Crippen LogP contribution in [-0.2, 0) is 9.53 Å². The molecule has 1 rings (SSSR count). The van der Waals surface area contributed by atoms with Gasteiger partial charge in [-0.1, -0.05) is 0 Å². The van der Waals surface area contributed by atoms with E-state index in [2.05, 4.69) is 4.98 Å². The number of nitrogens with zero attached hydrogens (tertiary/aromatic N) is 2. The SMILES string of the molecule is CCOC(=O)CN(CC)C(=O)c1ccc(C)nc1C. The molecule has 0 unspecified atom stereocenters. The van der Waals surface area contributed by atoms with Crippen LogP contribution in [0.4, 0.5) is 0 Å². The predicted molar refractivity (Wildman–Crippen MR) is 71.9 cm³/mol. The van der Waals surface area contributed by atoms with Crippen LogP contribution in [0.5, 0.6) is 0 Å². The minimum absolute atomic E-state index is 0.0313. The summed E-state index contributed by atoms with van der Waals surface area (Å²) in [7, 11) is 0. The molecule has 0 aliphatic rings. The van der Waals surface area contributed by atoms with Crippen LogP contribution < -0.4 is 0 Å². The van der Waals surface area contributed by atoms with Crippen molar-refractivity contribution in [2.24, 2.45) is 0 Å². The third-order valence-electron chi connectivity index (χ3n) is 2.75. The molecule has 1 amide bonds. The number of carbonyl (C=O) groups excluding carboxylic acids is 2. The molecule has 5 heteroatoms. The number of pyridine rings is 1. The number of amides is 1. The van der Waals surface area contributed by atoms with Gasteiger partial charge < -0.3 is 9.64 Å². The largest absolute Gasteiger partial charge is 0.465 e. The molecule has 0 saturated heterocycles. The molecule has 0 fully saturated rings. The average molecular weight is 264 g/mol. The minimum atomic E-state index is -0.393. The molecule has 19 heavy (non-hydrogen) atoms. The van der Waals surface area contributed by atoms with Gasteiger partial charge in [-0.05, 0) is 39.8 Å². The third kappa shape index (κ3) is 4.05. The van der Waals surface area contributed by atoms with Gasteiger partial charge in [-0.2, -0.15) is 0 Å². The Morgan fingerprint density at radius 2 is 1.95 bits per heavy atom. The van der Waals surface area contributed by atoms with E-state index in [-0.39, 0.29) is 12.5 Å². The van der Waals surface area contributed by atoms with Gasteiger partial charge in [0, 0.05) is 12.2 Å². The molecule has 5 nitrogen and oxygen atoms in total. The molecule has 0 N–H and O–H groups in total. The molecule has 1 heterocycles. The second kappa shape index (κ2) is 6.87. The fourth-order valence-electron chi connectivity index (χ4n) is 1.77. The molecule has 0 spiro atoms. The highest BCUT2D eigenvalue weighted by molar-refractivity contribution is 5.96. The van der Waals surface area contributed by atoms with Crippen molar-refractivity contribution in [3.63, 3.8) is 0 Å². The van der Waals surface area contributed by atoms with Gasteiger partial charge in [0.2, 0.25) is 0 Å². The predicted octanol–water partition coefficient (Wildman–Crippen LogP) is 1.72. The first-order valence-corrected chi connectivity index (χ1v) is 6.38. The van der Waals surface area contributed by atoms with Crippen LogP contribution in [0, 0.1) is 13.8 Å². The first-order chi connectivity index (χ1) is 8.99. The van der Waals surface area contributed by atoms with Gasteiger partial charge in [0.25, 0.3) is 5.91 Å². The van der Waals surface area contributed by atoms with E-state index in [0.717, 1.165) is 5.69 Å². The second-order valence-electron chi connectivity index (χ2n) is 4.21. The first kappa shape index (κ1) is 15.1. The van der Waals surface area contributed by atoms with Gasteiger partial charge in [0.05, 0.1) is 17.9 Å². The van der Waals surface area contributed by atoms with Crippen LogP contribution >= 0.6 is 0 Å². The van der Waals surface area contributed by atoms with Crippen molar-refractivity contribution in [3.8, 4) is 0 Å². The van der Waals surface area contributed by atoms with Crippen LogP contribution in [0.25, 0.3) is 0 Å². The zero-order valence-electron chi connectivity index (χ0n) is 11.9. The van der Waals surface area contributed by atoms with Crippen molar-refractivity contribution in [1.29, 1.82) is 0 Å². The maximum Gasteiger partial charge on any atom is 0.325 e. The Kier molecular flexibility index (Phi) is 5.48. The smallest absolute Gasteiger partial charge is 0.325 e. The van der Waals surface area contributed by atoms with Crippen molar-refractivity contribution in [2.45, 2.75) is 27.7 Å². The number of rotatable bonds is 5. The first-order valence-electron chi connectivity index (χ1n) is 6.38. The summed E-state index contributed by atoms with van der Waals surface area (Å²) in [5.41, 5.74) is 2.06. The van der Waals surface area contributed by atoms with Gasteiger partial charge in [0.15, 0.2) is 0 Å². The summed E-state index contributed by atoms with van der Waals surface area (Å²) in [5.74, 6) is -0.587. The highest BCUT2D eigenvalue weighted by Crippen LogP contribution is 2.10. The molecule has 104 valence electrons. The number of aromatic nitrogens is 1. The second-order valence-corrected chi connectivity index (χ2v) is 4.21. The van der Waals surface area contributed by atoms with Crippen molar-refractivity contribution < 1.29 is 14.3 Å². The normalized spacial score (nSPS) is 10.1. The zero-order valence-corrected chi connectivity index (χ0v) is 11.9. The highest BCUT2D eigenvalue weighted by Gasteiger charge is 2.19. The zero-order chi connectivity index (χ0) is 14.4. The fraction of sp³-hybridized carbons (Fsp3) is 0.500. The number of hydrogen-bond donors (Lipinski definition) is 0. The number of ether oxygens (including phenoxy) is 1. The van der Waals surface area contributed by atoms with Crippen molar-refractivity contribution in [2.75, 3.05) is 19.7 Å². The van der Waals surface area contributed by atoms with E-state index in [1.165, 1.54) is 4.90 Å². The Hall–Kier alpha value is -1.91. The van der Waals surface area contributed by atoms with Gasteiger partial charge >= 0.3 is 5.97 Å². The van der Waals surface area contributed by atoms with E-state index in [1.807, 2.05) is 13.8 Å². The van der Waals surface area contributed by atoms with E-state index in [4.69, 9.17) is 4.74 Å². The molecular weight excluding hydrogens is 244 g/mol. The van der Waals surface area contributed by atoms with E-state index in [0.29, 0.717) is 24.4 Å². The average Bonchev–Trinajstić information content (AvgIpc) is 2.35. The standard InChI is InChI=1S/C14H20N2O3/c1-5-16(9-13(17)19-6-2)14(18)12-8-7-10(3)15-11(12)4/h7-8H,5-6,9H2,1-4H3. The lowest BCUT2D eigenvalue weighted by Gasteiger charge is -2.20. The van der Waals surface area contributed by atoms with Crippen LogP contribution in [-0.4, -0.2) is 41.5 Å². The molecule has 0 saturated carbocycles. The Labute approximate surface area is 113 Å². The lowest BCUT2D eigenvalue weighted by atomic mass is 10.1. The van der Waals surface area contributed by atoms with Crippen molar-refractivity contribution in [3.05, 3.63) is 29.1 Å². The Morgan fingerprint density at radius 3 is 2.47 bits per heavy atom. The van der Waals surface area contributed by atoms with E-state index >= 15 is 0 Å². The number of carbonyl (C=O) groups is 2. The van der Waals surface area contributed by atoms with Crippen LogP contribution in [0.15, 0.2) is 12.1 Å². The third-order valence-corrected chi connectivity index (χ3v) is 2.75. The number of aryl methyl sites for hydroxylation is 2. The molecular formula is C14H20N2O3. The molecule has 0 atom stereocenters.